The predicted octanol–water partition coefficient (Wildman–Crippen LogP) is -2.99. The number of halogens is 1. The highest BCUT2D eigenvalue weighted by molar-refractivity contribution is 5.74. The number of rotatable bonds is 1. The largest absolute Gasteiger partial charge is 1.00 e. The van der Waals surface area contributed by atoms with Gasteiger partial charge in [0, 0.05) is 12.1 Å². The smallest absolute Gasteiger partial charge is 0.312 e. The number of esters is 1. The first-order chi connectivity index (χ1) is 6.65. The van der Waals surface area contributed by atoms with Crippen LogP contribution in [-0.4, -0.2) is 48.3 Å². The first kappa shape index (κ1) is 12.7. The van der Waals surface area contributed by atoms with E-state index in [1.54, 1.807) is 0 Å². The zero-order chi connectivity index (χ0) is 10.3. The fourth-order valence-corrected chi connectivity index (χ4v) is 2.89. The Morgan fingerprint density at radius 1 is 1.47 bits per heavy atom. The van der Waals surface area contributed by atoms with E-state index >= 15 is 0 Å². The highest BCUT2D eigenvalue weighted by Crippen LogP contribution is 2.38. The van der Waals surface area contributed by atoms with Gasteiger partial charge in [-0.05, 0) is 26.3 Å². The molecule has 88 valence electrons. The average Bonchev–Trinajstić information content (AvgIpc) is 2.42. The minimum Gasteiger partial charge on any atom is -1.00 e. The van der Waals surface area contributed by atoms with Crippen LogP contribution in [0.4, 0.5) is 0 Å². The number of hydrogen-bond acceptors (Lipinski definition) is 4. The molecule has 0 aliphatic carbocycles. The monoisotopic (exact) mass is 234 g/mol. The Kier molecular flexibility index (Phi) is 3.98. The van der Waals surface area contributed by atoms with Gasteiger partial charge in [-0.1, -0.05) is 0 Å². The summed E-state index contributed by atoms with van der Waals surface area (Å²) in [6, 6.07) is 0.632. The zero-order valence-corrected chi connectivity index (χ0v) is 9.78. The fraction of sp³-hybridized carbons (Fsp3) is 0.900. The van der Waals surface area contributed by atoms with Crippen LogP contribution in [0, 0.1) is 5.92 Å². The third kappa shape index (κ3) is 1.98. The van der Waals surface area contributed by atoms with Gasteiger partial charge in [-0.25, -0.2) is 0 Å². The van der Waals surface area contributed by atoms with Gasteiger partial charge in [0.2, 0.25) is 0 Å². The number of ether oxygens (including phenoxy) is 1. The molecule has 4 unspecified atom stereocenters. The third-order valence-electron chi connectivity index (χ3n) is 3.71. The number of aliphatic hydroxyl groups excluding tert-OH is 1. The molecule has 4 nitrogen and oxygen atoms in total. The summed E-state index contributed by atoms with van der Waals surface area (Å²) >= 11 is 0. The zero-order valence-electron chi connectivity index (χ0n) is 9.02. The van der Waals surface area contributed by atoms with Gasteiger partial charge in [-0.2, -0.15) is 0 Å². The lowest BCUT2D eigenvalue weighted by Gasteiger charge is -2.39. The molecule has 0 aromatic carbocycles. The third-order valence-corrected chi connectivity index (χ3v) is 3.71. The second-order valence-corrected chi connectivity index (χ2v) is 4.32. The summed E-state index contributed by atoms with van der Waals surface area (Å²) < 4.78 is 4.73. The Labute approximate surface area is 96.0 Å². The first-order valence-electron chi connectivity index (χ1n) is 5.13. The fourth-order valence-electron chi connectivity index (χ4n) is 2.89. The van der Waals surface area contributed by atoms with Gasteiger partial charge < -0.3 is 22.3 Å². The van der Waals surface area contributed by atoms with E-state index in [0.717, 1.165) is 12.8 Å². The Hall–Kier alpha value is -0.320. The van der Waals surface area contributed by atoms with Gasteiger partial charge >= 0.3 is 5.97 Å². The molecule has 4 atom stereocenters. The molecular weight excluding hydrogens is 218 g/mol. The van der Waals surface area contributed by atoms with E-state index in [-0.39, 0.29) is 30.3 Å². The van der Waals surface area contributed by atoms with Gasteiger partial charge in [-0.3, -0.25) is 9.69 Å². The Morgan fingerprint density at radius 3 is 2.73 bits per heavy atom. The molecule has 0 saturated carbocycles. The molecule has 2 aliphatic heterocycles. The number of fused-ring (bicyclic) bond motifs is 2. The standard InChI is InChI=1S/C10H17NO3.ClH/c1-11-6-3-4-7(11)9(8(12)5-6)10(13)14-2;/h6-9,12H,3-5H2,1-2H3;1H/p-1. The minimum absolute atomic E-state index is 0. The number of nitrogens with zero attached hydrogens (tertiary/aromatic N) is 1. The van der Waals surface area contributed by atoms with E-state index in [2.05, 4.69) is 4.90 Å². The molecule has 5 heteroatoms. The van der Waals surface area contributed by atoms with Crippen LogP contribution in [0.5, 0.6) is 0 Å². The van der Waals surface area contributed by atoms with E-state index < -0.39 is 6.10 Å². The molecular formula is C10H17ClNO3-. The Morgan fingerprint density at radius 2 is 2.13 bits per heavy atom. The van der Waals surface area contributed by atoms with Crippen molar-refractivity contribution in [1.29, 1.82) is 0 Å². The van der Waals surface area contributed by atoms with E-state index in [1.807, 2.05) is 7.05 Å². The minimum atomic E-state index is -0.517. The normalized spacial score (nSPS) is 39.7. The van der Waals surface area contributed by atoms with Crippen molar-refractivity contribution in [3.8, 4) is 0 Å². The van der Waals surface area contributed by atoms with Crippen molar-refractivity contribution in [1.82, 2.24) is 4.90 Å². The number of carbonyl (C=O) groups excluding carboxylic acids is 1. The Bertz CT molecular complexity index is 249. The Balaban J connectivity index is 0.00000112. The van der Waals surface area contributed by atoms with Crippen LogP contribution >= 0.6 is 0 Å². The van der Waals surface area contributed by atoms with Crippen LogP contribution in [0.3, 0.4) is 0 Å². The van der Waals surface area contributed by atoms with Crippen molar-refractivity contribution in [3.05, 3.63) is 0 Å². The number of hydrogen-bond donors (Lipinski definition) is 1. The van der Waals surface area contributed by atoms with Crippen molar-refractivity contribution in [3.63, 3.8) is 0 Å². The lowest BCUT2D eigenvalue weighted by atomic mass is 9.88. The molecule has 2 saturated heterocycles. The van der Waals surface area contributed by atoms with Crippen molar-refractivity contribution in [2.24, 2.45) is 5.92 Å². The molecule has 2 aliphatic rings. The summed E-state index contributed by atoms with van der Waals surface area (Å²) in [6.45, 7) is 0. The molecule has 2 bridgehead atoms. The molecule has 0 spiro atoms. The van der Waals surface area contributed by atoms with Crippen molar-refractivity contribution < 1.29 is 27.0 Å². The SMILES string of the molecule is COC(=O)C1C(O)CC2CCC1N2C.[Cl-]. The summed E-state index contributed by atoms with van der Waals surface area (Å²) in [7, 11) is 3.42. The summed E-state index contributed by atoms with van der Waals surface area (Å²) in [6.07, 6.45) is 2.27. The maximum absolute atomic E-state index is 11.5. The summed E-state index contributed by atoms with van der Waals surface area (Å²) in [5.74, 6) is -0.613. The summed E-state index contributed by atoms with van der Waals surface area (Å²) in [4.78, 5) is 13.7. The maximum atomic E-state index is 11.5. The van der Waals surface area contributed by atoms with E-state index in [1.165, 1.54) is 7.11 Å². The van der Waals surface area contributed by atoms with Crippen LogP contribution in [-0.2, 0) is 9.53 Å². The number of methoxy groups -OCH3 is 1. The molecule has 2 fully saturated rings. The highest BCUT2D eigenvalue weighted by Gasteiger charge is 2.48. The van der Waals surface area contributed by atoms with Crippen molar-refractivity contribution >= 4 is 5.97 Å². The molecule has 0 aromatic rings. The van der Waals surface area contributed by atoms with Crippen LogP contribution in [0.1, 0.15) is 19.3 Å². The van der Waals surface area contributed by atoms with Crippen molar-refractivity contribution in [2.75, 3.05) is 14.2 Å². The topological polar surface area (TPSA) is 49.8 Å². The number of carbonyl (C=O) groups is 1. The van der Waals surface area contributed by atoms with Crippen molar-refractivity contribution in [2.45, 2.75) is 37.5 Å². The first-order valence-corrected chi connectivity index (χ1v) is 5.13. The van der Waals surface area contributed by atoms with Gasteiger partial charge in [-0.15, -0.1) is 0 Å². The molecule has 15 heavy (non-hydrogen) atoms. The molecule has 0 aromatic heterocycles. The molecule has 0 radical (unpaired) electrons. The molecule has 0 amide bonds. The quantitative estimate of drug-likeness (QED) is 0.492. The average molecular weight is 235 g/mol. The summed E-state index contributed by atoms with van der Waals surface area (Å²) in [5, 5.41) is 9.84. The van der Waals surface area contributed by atoms with E-state index in [9.17, 15) is 9.90 Å². The molecule has 2 rings (SSSR count). The van der Waals surface area contributed by atoms with Crippen LogP contribution in [0.25, 0.3) is 0 Å². The van der Waals surface area contributed by atoms with E-state index in [4.69, 9.17) is 4.74 Å². The van der Waals surface area contributed by atoms with Gasteiger partial charge in [0.05, 0.1) is 19.1 Å². The van der Waals surface area contributed by atoms with Crippen LogP contribution in [0.15, 0.2) is 0 Å². The predicted molar refractivity (Wildman–Crippen MR) is 50.7 cm³/mol. The number of piperidine rings is 1. The second-order valence-electron chi connectivity index (χ2n) is 4.32. The molecule has 1 N–H and O–H groups in total. The van der Waals surface area contributed by atoms with Gasteiger partial charge in [0.1, 0.15) is 0 Å². The number of aliphatic hydroxyl groups is 1. The summed E-state index contributed by atoms with van der Waals surface area (Å²) in [5.41, 5.74) is 0. The second kappa shape index (κ2) is 4.68. The van der Waals surface area contributed by atoms with Gasteiger partial charge in [0.15, 0.2) is 0 Å². The lowest BCUT2D eigenvalue weighted by Crippen LogP contribution is -3.00. The van der Waals surface area contributed by atoms with Gasteiger partial charge in [0.25, 0.3) is 0 Å². The highest BCUT2D eigenvalue weighted by atomic mass is 35.5. The molecule has 2 heterocycles. The maximum Gasteiger partial charge on any atom is 0.312 e. The van der Waals surface area contributed by atoms with Crippen LogP contribution < -0.4 is 12.4 Å². The lowest BCUT2D eigenvalue weighted by molar-refractivity contribution is -0.155. The van der Waals surface area contributed by atoms with E-state index in [0.29, 0.717) is 12.5 Å². The van der Waals surface area contributed by atoms with Crippen LogP contribution in [0.2, 0.25) is 0 Å².